The first-order chi connectivity index (χ1) is 9.27. The zero-order valence-electron chi connectivity index (χ0n) is 11.8. The van der Waals surface area contributed by atoms with Crippen molar-refractivity contribution in [3.05, 3.63) is 24.3 Å². The standard InChI is InChI=1S/C15H24N2O2/c1-12(11-18-2)14(10-16)17-8-5-9-19-15-7-4-3-6-13(15)17/h3-4,6-7,12,14H,5,8-11,16H2,1-2H3. The lowest BCUT2D eigenvalue weighted by Gasteiger charge is -2.36. The predicted octanol–water partition coefficient (Wildman–Crippen LogP) is 1.89. The van der Waals surface area contributed by atoms with Gasteiger partial charge < -0.3 is 20.1 Å². The number of para-hydroxylation sites is 2. The molecule has 1 aliphatic heterocycles. The molecule has 1 aliphatic rings. The zero-order valence-corrected chi connectivity index (χ0v) is 11.8. The molecular formula is C15H24N2O2. The first kappa shape index (κ1) is 14.2. The number of anilines is 1. The Bertz CT molecular complexity index is 397. The molecule has 1 heterocycles. The summed E-state index contributed by atoms with van der Waals surface area (Å²) in [6.07, 6.45) is 1.02. The highest BCUT2D eigenvalue weighted by Gasteiger charge is 2.26. The Morgan fingerprint density at radius 3 is 2.95 bits per heavy atom. The minimum absolute atomic E-state index is 0.280. The molecule has 0 radical (unpaired) electrons. The van der Waals surface area contributed by atoms with E-state index in [1.54, 1.807) is 7.11 Å². The van der Waals surface area contributed by atoms with Crippen molar-refractivity contribution in [2.45, 2.75) is 19.4 Å². The molecule has 2 atom stereocenters. The lowest BCUT2D eigenvalue weighted by molar-refractivity contribution is 0.146. The third-order valence-corrected chi connectivity index (χ3v) is 3.70. The molecule has 2 unspecified atom stereocenters. The van der Waals surface area contributed by atoms with Gasteiger partial charge in [-0.1, -0.05) is 19.1 Å². The number of fused-ring (bicyclic) bond motifs is 1. The van der Waals surface area contributed by atoms with Crippen LogP contribution in [0.5, 0.6) is 5.75 Å². The third-order valence-electron chi connectivity index (χ3n) is 3.70. The second-order valence-electron chi connectivity index (χ2n) is 5.10. The number of methoxy groups -OCH3 is 1. The Morgan fingerprint density at radius 2 is 2.21 bits per heavy atom. The van der Waals surface area contributed by atoms with Crippen molar-refractivity contribution in [3.8, 4) is 5.75 Å². The summed E-state index contributed by atoms with van der Waals surface area (Å²) in [5.41, 5.74) is 7.16. The first-order valence-corrected chi connectivity index (χ1v) is 6.95. The molecular weight excluding hydrogens is 240 g/mol. The van der Waals surface area contributed by atoms with Crippen LogP contribution in [0.1, 0.15) is 13.3 Å². The van der Waals surface area contributed by atoms with Crippen LogP contribution >= 0.6 is 0 Å². The summed E-state index contributed by atoms with van der Waals surface area (Å²) in [7, 11) is 1.74. The summed E-state index contributed by atoms with van der Waals surface area (Å²) in [5, 5.41) is 0. The predicted molar refractivity (Wildman–Crippen MR) is 77.8 cm³/mol. The largest absolute Gasteiger partial charge is 0.491 e. The van der Waals surface area contributed by atoms with E-state index in [2.05, 4.69) is 24.0 Å². The second-order valence-corrected chi connectivity index (χ2v) is 5.10. The van der Waals surface area contributed by atoms with E-state index in [1.165, 1.54) is 0 Å². The Kier molecular flexibility index (Phi) is 5.05. The van der Waals surface area contributed by atoms with Crippen LogP contribution in [-0.2, 0) is 4.74 Å². The number of ether oxygens (including phenoxy) is 2. The molecule has 4 nitrogen and oxygen atoms in total. The van der Waals surface area contributed by atoms with E-state index in [4.69, 9.17) is 15.2 Å². The maximum absolute atomic E-state index is 6.00. The maximum Gasteiger partial charge on any atom is 0.142 e. The fourth-order valence-electron chi connectivity index (χ4n) is 2.74. The van der Waals surface area contributed by atoms with Crippen LogP contribution in [0, 0.1) is 5.92 Å². The van der Waals surface area contributed by atoms with Crippen molar-refractivity contribution in [1.82, 2.24) is 0 Å². The summed E-state index contributed by atoms with van der Waals surface area (Å²) >= 11 is 0. The molecule has 0 aromatic heterocycles. The van der Waals surface area contributed by atoms with Crippen molar-refractivity contribution >= 4 is 5.69 Å². The fourth-order valence-corrected chi connectivity index (χ4v) is 2.74. The second kappa shape index (κ2) is 6.78. The van der Waals surface area contributed by atoms with E-state index in [0.29, 0.717) is 12.5 Å². The van der Waals surface area contributed by atoms with Gasteiger partial charge in [-0.2, -0.15) is 0 Å². The SMILES string of the molecule is COCC(C)C(CN)N1CCCOc2ccccc21. The molecule has 0 amide bonds. The van der Waals surface area contributed by atoms with E-state index >= 15 is 0 Å². The van der Waals surface area contributed by atoms with E-state index in [0.717, 1.165) is 37.6 Å². The van der Waals surface area contributed by atoms with Crippen LogP contribution in [0.2, 0.25) is 0 Å². The number of rotatable bonds is 5. The summed E-state index contributed by atoms with van der Waals surface area (Å²) in [6, 6.07) is 8.49. The number of hydrogen-bond donors (Lipinski definition) is 1. The molecule has 19 heavy (non-hydrogen) atoms. The van der Waals surface area contributed by atoms with Crippen LogP contribution in [0.3, 0.4) is 0 Å². The lowest BCUT2D eigenvalue weighted by atomic mass is 10.00. The molecule has 0 saturated carbocycles. The average molecular weight is 264 g/mol. The molecule has 1 aromatic rings. The third kappa shape index (κ3) is 3.19. The number of nitrogens with zero attached hydrogens (tertiary/aromatic N) is 1. The molecule has 0 fully saturated rings. The van der Waals surface area contributed by atoms with Gasteiger partial charge in [-0.05, 0) is 18.6 Å². The van der Waals surface area contributed by atoms with E-state index < -0.39 is 0 Å². The smallest absolute Gasteiger partial charge is 0.142 e. The van der Waals surface area contributed by atoms with Crippen molar-refractivity contribution in [2.24, 2.45) is 11.7 Å². The van der Waals surface area contributed by atoms with Crippen molar-refractivity contribution < 1.29 is 9.47 Å². The van der Waals surface area contributed by atoms with Gasteiger partial charge in [0, 0.05) is 32.2 Å². The van der Waals surface area contributed by atoms with Gasteiger partial charge >= 0.3 is 0 Å². The van der Waals surface area contributed by atoms with Crippen molar-refractivity contribution in [3.63, 3.8) is 0 Å². The quantitative estimate of drug-likeness (QED) is 0.882. The average Bonchev–Trinajstić information content (AvgIpc) is 2.63. The van der Waals surface area contributed by atoms with Crippen molar-refractivity contribution in [1.29, 1.82) is 0 Å². The number of benzene rings is 1. The van der Waals surface area contributed by atoms with Crippen LogP contribution in [0.25, 0.3) is 0 Å². The van der Waals surface area contributed by atoms with Crippen LogP contribution in [-0.4, -0.2) is 39.5 Å². The van der Waals surface area contributed by atoms with Crippen molar-refractivity contribution in [2.75, 3.05) is 38.3 Å². The first-order valence-electron chi connectivity index (χ1n) is 6.95. The Hall–Kier alpha value is -1.26. The van der Waals surface area contributed by atoms with Crippen LogP contribution in [0.4, 0.5) is 5.69 Å². The Balaban J connectivity index is 2.26. The summed E-state index contributed by atoms with van der Waals surface area (Å²) in [6.45, 7) is 5.28. The molecule has 4 heteroatoms. The summed E-state index contributed by atoms with van der Waals surface area (Å²) < 4.78 is 11.1. The molecule has 0 aliphatic carbocycles. The minimum Gasteiger partial charge on any atom is -0.491 e. The molecule has 106 valence electrons. The maximum atomic E-state index is 6.00. The Morgan fingerprint density at radius 1 is 1.42 bits per heavy atom. The summed E-state index contributed by atoms with van der Waals surface area (Å²) in [5.74, 6) is 1.35. The number of hydrogen-bond acceptors (Lipinski definition) is 4. The normalized spacial score (nSPS) is 18.2. The van der Waals surface area contributed by atoms with Gasteiger partial charge in [0.1, 0.15) is 5.75 Å². The van der Waals surface area contributed by atoms with Gasteiger partial charge in [-0.25, -0.2) is 0 Å². The molecule has 2 rings (SSSR count). The molecule has 2 N–H and O–H groups in total. The van der Waals surface area contributed by atoms with Crippen LogP contribution < -0.4 is 15.4 Å². The highest BCUT2D eigenvalue weighted by molar-refractivity contribution is 5.59. The van der Waals surface area contributed by atoms with Crippen LogP contribution in [0.15, 0.2) is 24.3 Å². The molecule has 0 spiro atoms. The monoisotopic (exact) mass is 264 g/mol. The van der Waals surface area contributed by atoms with Gasteiger partial charge in [-0.3, -0.25) is 0 Å². The highest BCUT2D eigenvalue weighted by Crippen LogP contribution is 2.33. The van der Waals surface area contributed by atoms with Gasteiger partial charge in [0.05, 0.1) is 18.9 Å². The zero-order chi connectivity index (χ0) is 13.7. The van der Waals surface area contributed by atoms with Gasteiger partial charge in [0.15, 0.2) is 0 Å². The van der Waals surface area contributed by atoms with Gasteiger partial charge in [0.2, 0.25) is 0 Å². The molecule has 0 saturated heterocycles. The van der Waals surface area contributed by atoms with E-state index in [1.807, 2.05) is 12.1 Å². The van der Waals surface area contributed by atoms with E-state index in [9.17, 15) is 0 Å². The molecule has 0 bridgehead atoms. The molecule has 1 aromatic carbocycles. The highest BCUT2D eigenvalue weighted by atomic mass is 16.5. The Labute approximate surface area is 115 Å². The topological polar surface area (TPSA) is 47.7 Å². The summed E-state index contributed by atoms with van der Waals surface area (Å²) in [4.78, 5) is 2.38. The van der Waals surface area contributed by atoms with Gasteiger partial charge in [-0.15, -0.1) is 0 Å². The number of nitrogens with two attached hydrogens (primary N) is 1. The van der Waals surface area contributed by atoms with Gasteiger partial charge in [0.25, 0.3) is 0 Å². The van der Waals surface area contributed by atoms with E-state index in [-0.39, 0.29) is 6.04 Å². The minimum atomic E-state index is 0.280. The lowest BCUT2D eigenvalue weighted by Crippen LogP contribution is -2.46. The fraction of sp³-hybridized carbons (Fsp3) is 0.600.